The number of nitrogens with one attached hydrogen (secondary N) is 2. The number of nitrogens with zero attached hydrogens (tertiary/aromatic N) is 3. The van der Waals surface area contributed by atoms with Gasteiger partial charge in [-0.15, -0.1) is 0 Å². The van der Waals surface area contributed by atoms with Gasteiger partial charge in [0.05, 0.1) is 22.1 Å². The second-order valence-electron chi connectivity index (χ2n) is 12.7. The van der Waals surface area contributed by atoms with E-state index in [4.69, 9.17) is 4.74 Å². The maximum absolute atomic E-state index is 13.7. The van der Waals surface area contributed by atoms with E-state index in [0.717, 1.165) is 28.6 Å². The van der Waals surface area contributed by atoms with Crippen molar-refractivity contribution in [1.82, 2.24) is 14.3 Å². The second-order valence-corrected chi connectivity index (χ2v) is 16.1. The molecule has 1 fully saturated rings. The summed E-state index contributed by atoms with van der Waals surface area (Å²) in [5.41, 5.74) is 1.75. The van der Waals surface area contributed by atoms with Crippen LogP contribution in [0.5, 0.6) is 0 Å². The highest BCUT2D eigenvalue weighted by Gasteiger charge is 2.35. The van der Waals surface area contributed by atoms with Crippen LogP contribution in [-0.4, -0.2) is 99.5 Å². The molecule has 0 aromatic heterocycles. The summed E-state index contributed by atoms with van der Waals surface area (Å²) in [5.74, 6) is -1.36. The van der Waals surface area contributed by atoms with Gasteiger partial charge in [0.25, 0.3) is 0 Å². The van der Waals surface area contributed by atoms with Gasteiger partial charge in [0.1, 0.15) is 6.04 Å². The minimum absolute atomic E-state index is 0.0221. The summed E-state index contributed by atoms with van der Waals surface area (Å²) < 4.78 is 65.5. The maximum atomic E-state index is 13.7. The van der Waals surface area contributed by atoms with E-state index in [1.807, 2.05) is 79.3 Å². The van der Waals surface area contributed by atoms with Crippen molar-refractivity contribution in [3.05, 3.63) is 72.8 Å². The SMILES string of the molecule is COC(CCCN1CCCC1NS(=O)(=O)c1cccc2c(N(C)C)cccc12)C(NS(=O)(=O)c1cccc2c(N(C)C)cccc12)C(=O)O. The zero-order valence-electron chi connectivity index (χ0n) is 28.5. The number of sulfonamides is 2. The van der Waals surface area contributed by atoms with Gasteiger partial charge in [0, 0.05) is 68.2 Å². The third-order valence-electron chi connectivity index (χ3n) is 9.07. The van der Waals surface area contributed by atoms with Crippen LogP contribution in [0.15, 0.2) is 82.6 Å². The standard InChI is InChI=1S/C35H45N5O7S2/c1-38(2)28-16-6-14-26-24(28)12-8-19-31(26)48(43,44)36-33-21-11-23-40(33)22-10-18-30(47-5)34(35(41)42)37-49(45,46)32-20-9-13-25-27(32)15-7-17-29(25)39(3)4/h6-9,12-17,19-20,30,33-34,36-37H,10-11,18,21-23H2,1-5H3,(H,41,42). The van der Waals surface area contributed by atoms with Gasteiger partial charge in [-0.25, -0.2) is 16.8 Å². The zero-order valence-corrected chi connectivity index (χ0v) is 30.1. The topological polar surface area (TPSA) is 149 Å². The molecule has 3 N–H and O–H groups in total. The molecule has 1 saturated heterocycles. The van der Waals surface area contributed by atoms with E-state index in [1.165, 1.54) is 13.2 Å². The molecule has 0 spiro atoms. The molecular weight excluding hydrogens is 667 g/mol. The van der Waals surface area contributed by atoms with Crippen molar-refractivity contribution in [2.45, 2.75) is 53.8 Å². The van der Waals surface area contributed by atoms with Gasteiger partial charge >= 0.3 is 5.97 Å². The summed E-state index contributed by atoms with van der Waals surface area (Å²) in [7, 11) is 0.768. The molecule has 3 atom stereocenters. The predicted octanol–water partition coefficient (Wildman–Crippen LogP) is 4.05. The van der Waals surface area contributed by atoms with Crippen LogP contribution in [0, 0.1) is 0 Å². The lowest BCUT2D eigenvalue weighted by Gasteiger charge is -2.28. The number of carboxylic acid groups (broad SMARTS) is 1. The number of benzene rings is 4. The molecule has 1 heterocycles. The molecule has 1 aliphatic heterocycles. The Kier molecular flexibility index (Phi) is 11.2. The van der Waals surface area contributed by atoms with Crippen LogP contribution in [0.4, 0.5) is 11.4 Å². The first-order valence-electron chi connectivity index (χ1n) is 16.2. The Hall–Kier alpha value is -3.79. The van der Waals surface area contributed by atoms with Crippen LogP contribution in [0.25, 0.3) is 21.5 Å². The largest absolute Gasteiger partial charge is 0.480 e. The highest BCUT2D eigenvalue weighted by atomic mass is 32.2. The molecule has 3 unspecified atom stereocenters. The van der Waals surface area contributed by atoms with Crippen molar-refractivity contribution >= 4 is 58.9 Å². The van der Waals surface area contributed by atoms with Gasteiger partial charge in [0.15, 0.2) is 0 Å². The molecule has 14 heteroatoms. The zero-order chi connectivity index (χ0) is 35.5. The Balaban J connectivity index is 1.27. The number of rotatable bonds is 15. The van der Waals surface area contributed by atoms with E-state index < -0.39 is 44.3 Å². The average molecular weight is 712 g/mol. The van der Waals surface area contributed by atoms with Crippen LogP contribution in [0.3, 0.4) is 0 Å². The van der Waals surface area contributed by atoms with Crippen molar-refractivity contribution < 1.29 is 31.5 Å². The first kappa shape index (κ1) is 36.5. The predicted molar refractivity (Wildman–Crippen MR) is 193 cm³/mol. The summed E-state index contributed by atoms with van der Waals surface area (Å²) in [5, 5.41) is 12.8. The van der Waals surface area contributed by atoms with E-state index >= 15 is 0 Å². The van der Waals surface area contributed by atoms with Gasteiger partial charge in [-0.05, 0) is 63.0 Å². The van der Waals surface area contributed by atoms with Crippen molar-refractivity contribution in [3.8, 4) is 0 Å². The lowest BCUT2D eigenvalue weighted by atomic mass is 10.1. The molecule has 12 nitrogen and oxygen atoms in total. The van der Waals surface area contributed by atoms with E-state index in [1.54, 1.807) is 30.3 Å². The number of anilines is 2. The number of methoxy groups -OCH3 is 1. The highest BCUT2D eigenvalue weighted by molar-refractivity contribution is 7.90. The number of fused-ring (bicyclic) bond motifs is 2. The van der Waals surface area contributed by atoms with Gasteiger partial charge in [-0.1, -0.05) is 48.5 Å². The summed E-state index contributed by atoms with van der Waals surface area (Å²) in [6, 6.07) is 19.6. The minimum atomic E-state index is -4.27. The number of hydrogen-bond donors (Lipinski definition) is 3. The van der Waals surface area contributed by atoms with Crippen LogP contribution < -0.4 is 19.2 Å². The van der Waals surface area contributed by atoms with E-state index in [2.05, 4.69) is 9.44 Å². The van der Waals surface area contributed by atoms with Crippen LogP contribution in [0.1, 0.15) is 25.7 Å². The molecule has 1 aliphatic rings. The molecule has 0 aliphatic carbocycles. The van der Waals surface area contributed by atoms with Crippen molar-refractivity contribution in [1.29, 1.82) is 0 Å². The molecule has 0 amide bonds. The molecule has 5 rings (SSSR count). The smallest absolute Gasteiger partial charge is 0.324 e. The number of carbonyl (C=O) groups is 1. The lowest BCUT2D eigenvalue weighted by molar-refractivity contribution is -0.142. The Bertz CT molecular complexity index is 2040. The molecule has 0 radical (unpaired) electrons. The molecule has 0 saturated carbocycles. The molecular formula is C35H45N5O7S2. The Morgan fingerprint density at radius 3 is 1.86 bits per heavy atom. The Labute approximate surface area is 288 Å². The number of likely N-dealkylation sites (tertiary alicyclic amines) is 1. The number of aliphatic carboxylic acids is 1. The van der Waals surface area contributed by atoms with Crippen LogP contribution in [-0.2, 0) is 29.6 Å². The Morgan fingerprint density at radius 1 is 0.837 bits per heavy atom. The van der Waals surface area contributed by atoms with Gasteiger partial charge < -0.3 is 19.6 Å². The minimum Gasteiger partial charge on any atom is -0.480 e. The van der Waals surface area contributed by atoms with Crippen LogP contribution in [0.2, 0.25) is 0 Å². The first-order valence-corrected chi connectivity index (χ1v) is 19.1. The number of hydrogen-bond acceptors (Lipinski definition) is 9. The fraction of sp³-hybridized carbons (Fsp3) is 0.400. The van der Waals surface area contributed by atoms with Gasteiger partial charge in [-0.3, -0.25) is 9.69 Å². The summed E-state index contributed by atoms with van der Waals surface area (Å²) in [6.45, 7) is 1.12. The van der Waals surface area contributed by atoms with E-state index in [9.17, 15) is 26.7 Å². The second kappa shape index (κ2) is 15.0. The van der Waals surface area contributed by atoms with Crippen molar-refractivity contribution in [2.75, 3.05) is 58.2 Å². The quantitative estimate of drug-likeness (QED) is 0.165. The molecule has 4 aromatic carbocycles. The van der Waals surface area contributed by atoms with Crippen molar-refractivity contribution in [3.63, 3.8) is 0 Å². The fourth-order valence-corrected chi connectivity index (χ4v) is 9.60. The monoisotopic (exact) mass is 711 g/mol. The fourth-order valence-electron chi connectivity index (χ4n) is 6.68. The van der Waals surface area contributed by atoms with E-state index in [0.29, 0.717) is 36.7 Å². The van der Waals surface area contributed by atoms with Crippen molar-refractivity contribution in [2.24, 2.45) is 0 Å². The normalized spacial score (nSPS) is 17.0. The summed E-state index contributed by atoms with van der Waals surface area (Å²) >= 11 is 0. The maximum Gasteiger partial charge on any atom is 0.324 e. The highest BCUT2D eigenvalue weighted by Crippen LogP contribution is 2.32. The molecule has 49 heavy (non-hydrogen) atoms. The van der Waals surface area contributed by atoms with E-state index in [-0.39, 0.29) is 16.2 Å². The first-order chi connectivity index (χ1) is 23.2. The third kappa shape index (κ3) is 7.84. The number of ether oxygens (including phenoxy) is 1. The number of carboxylic acids is 1. The Morgan fingerprint density at radius 2 is 1.35 bits per heavy atom. The van der Waals surface area contributed by atoms with Gasteiger partial charge in [0.2, 0.25) is 20.0 Å². The lowest BCUT2D eigenvalue weighted by Crippen LogP contribution is -2.49. The summed E-state index contributed by atoms with van der Waals surface area (Å²) in [6.07, 6.45) is 0.675. The third-order valence-corrected chi connectivity index (χ3v) is 12.1. The molecule has 264 valence electrons. The average Bonchev–Trinajstić information content (AvgIpc) is 3.50. The molecule has 0 bridgehead atoms. The summed E-state index contributed by atoms with van der Waals surface area (Å²) in [4.78, 5) is 18.5. The van der Waals surface area contributed by atoms with Gasteiger partial charge in [-0.2, -0.15) is 9.44 Å². The molecule has 4 aromatic rings. The van der Waals surface area contributed by atoms with Crippen LogP contribution >= 0.6 is 0 Å².